The van der Waals surface area contributed by atoms with Gasteiger partial charge in [0, 0.05) is 44.5 Å². The van der Waals surface area contributed by atoms with Crippen LogP contribution in [0, 0.1) is 11.3 Å². The predicted octanol–water partition coefficient (Wildman–Crippen LogP) is 10.7. The molecule has 0 fully saturated rings. The fraction of sp³-hybridized carbons (Fsp3) is 0. The number of rotatable bonds is 3. The first-order valence-electron chi connectivity index (χ1n) is 15.6. The molecule has 0 amide bonds. The molecule has 4 heterocycles. The van der Waals surface area contributed by atoms with E-state index in [0.717, 1.165) is 88.2 Å². The Balaban J connectivity index is 1.16. The summed E-state index contributed by atoms with van der Waals surface area (Å²) in [5.41, 5.74) is 10.9. The zero-order valence-electron chi connectivity index (χ0n) is 25.1. The van der Waals surface area contributed by atoms with E-state index in [9.17, 15) is 5.26 Å². The van der Waals surface area contributed by atoms with Gasteiger partial charge in [0.2, 0.25) is 0 Å². The van der Waals surface area contributed by atoms with Gasteiger partial charge in [0.15, 0.2) is 0 Å². The van der Waals surface area contributed by atoms with Crippen LogP contribution in [0.15, 0.2) is 150 Å². The molecule has 0 radical (unpaired) electrons. The lowest BCUT2D eigenvalue weighted by Crippen LogP contribution is -1.96. The molecule has 4 aromatic heterocycles. The Hall–Kier alpha value is -6.64. The van der Waals surface area contributed by atoms with Crippen molar-refractivity contribution in [2.24, 2.45) is 0 Å². The van der Waals surface area contributed by atoms with Crippen molar-refractivity contribution < 1.29 is 4.42 Å². The van der Waals surface area contributed by atoms with Gasteiger partial charge in [0.1, 0.15) is 16.8 Å². The molecule has 10 rings (SSSR count). The van der Waals surface area contributed by atoms with E-state index in [0.29, 0.717) is 5.56 Å². The third-order valence-electron chi connectivity index (χ3n) is 9.38. The van der Waals surface area contributed by atoms with Gasteiger partial charge in [0.25, 0.3) is 0 Å². The van der Waals surface area contributed by atoms with Crippen molar-refractivity contribution in [2.75, 3.05) is 0 Å². The number of hydrogen-bond donors (Lipinski definition) is 0. The van der Waals surface area contributed by atoms with Gasteiger partial charge in [-0.1, -0.05) is 60.7 Å². The Morgan fingerprint density at radius 2 is 1.23 bits per heavy atom. The molecule has 218 valence electrons. The highest BCUT2D eigenvalue weighted by molar-refractivity contribution is 6.23. The van der Waals surface area contributed by atoms with Crippen LogP contribution in [0.5, 0.6) is 0 Å². The van der Waals surface area contributed by atoms with E-state index in [-0.39, 0.29) is 0 Å². The molecule has 0 spiro atoms. The molecule has 0 aliphatic rings. The van der Waals surface area contributed by atoms with Crippen molar-refractivity contribution in [2.45, 2.75) is 0 Å². The molecule has 0 unspecified atom stereocenters. The highest BCUT2D eigenvalue weighted by atomic mass is 16.3. The minimum absolute atomic E-state index is 0.659. The van der Waals surface area contributed by atoms with E-state index in [1.165, 1.54) is 0 Å². The molecular formula is C42H24N4O. The van der Waals surface area contributed by atoms with Crippen LogP contribution >= 0.6 is 0 Å². The van der Waals surface area contributed by atoms with Crippen LogP contribution in [0.2, 0.25) is 0 Å². The molecular weight excluding hydrogens is 576 g/mol. The first-order chi connectivity index (χ1) is 23.3. The van der Waals surface area contributed by atoms with Crippen molar-refractivity contribution in [3.8, 4) is 28.6 Å². The number of hydrogen-bond acceptors (Lipinski definition) is 3. The molecule has 47 heavy (non-hydrogen) atoms. The Kier molecular flexibility index (Phi) is 5.28. The van der Waals surface area contributed by atoms with E-state index < -0.39 is 0 Å². The molecule has 10 aromatic rings. The van der Waals surface area contributed by atoms with Crippen molar-refractivity contribution >= 4 is 65.7 Å². The normalized spacial score (nSPS) is 11.8. The summed E-state index contributed by atoms with van der Waals surface area (Å²) in [5.74, 6) is 0. The smallest absolute Gasteiger partial charge is 0.145 e. The first kappa shape index (κ1) is 25.7. The van der Waals surface area contributed by atoms with Gasteiger partial charge >= 0.3 is 0 Å². The summed E-state index contributed by atoms with van der Waals surface area (Å²) in [6.07, 6.45) is 1.85. The summed E-state index contributed by atoms with van der Waals surface area (Å²) >= 11 is 0. The molecule has 0 bridgehead atoms. The summed E-state index contributed by atoms with van der Waals surface area (Å²) in [7, 11) is 0. The largest absolute Gasteiger partial charge is 0.455 e. The maximum atomic E-state index is 9.57. The van der Waals surface area contributed by atoms with Crippen LogP contribution in [0.4, 0.5) is 0 Å². The summed E-state index contributed by atoms with van der Waals surface area (Å²) in [6.45, 7) is 0. The average molecular weight is 601 g/mol. The molecule has 0 aliphatic carbocycles. The molecule has 6 aromatic carbocycles. The molecule has 0 N–H and O–H groups in total. The molecule has 0 saturated carbocycles. The van der Waals surface area contributed by atoms with Gasteiger partial charge in [-0.25, -0.2) is 4.98 Å². The second kappa shape index (κ2) is 9.68. The van der Waals surface area contributed by atoms with Gasteiger partial charge in [-0.05, 0) is 90.0 Å². The lowest BCUT2D eigenvalue weighted by Gasteiger charge is -2.12. The number of nitrogens with zero attached hydrogens (tertiary/aromatic N) is 4. The SMILES string of the molecule is N#Cc1ccc2c(c1)c1ccccc1n2-c1cccc(-c2cccc(-n3c4ccc5c6ccccc6oc5c4c4cccnc43)c2)c1. The van der Waals surface area contributed by atoms with Crippen molar-refractivity contribution in [3.63, 3.8) is 0 Å². The molecule has 0 atom stereocenters. The number of para-hydroxylation sites is 2. The van der Waals surface area contributed by atoms with Crippen LogP contribution < -0.4 is 0 Å². The molecule has 5 heteroatoms. The zero-order valence-corrected chi connectivity index (χ0v) is 25.1. The minimum Gasteiger partial charge on any atom is -0.455 e. The van der Waals surface area contributed by atoms with Gasteiger partial charge in [0.05, 0.1) is 33.6 Å². The molecule has 5 nitrogen and oxygen atoms in total. The number of fused-ring (bicyclic) bond motifs is 10. The number of nitriles is 1. The minimum atomic E-state index is 0.659. The zero-order chi connectivity index (χ0) is 31.1. The summed E-state index contributed by atoms with van der Waals surface area (Å²) in [4.78, 5) is 4.87. The van der Waals surface area contributed by atoms with Crippen molar-refractivity contribution in [1.29, 1.82) is 5.26 Å². The molecule has 0 aliphatic heterocycles. The average Bonchev–Trinajstić information content (AvgIpc) is 3.79. The standard InChI is InChI=1S/C42H24N4O/c43-25-26-17-19-37-35(22-26)31-12-1-3-15-36(31)45(37)29-10-5-8-27(23-29)28-9-6-11-30(24-28)46-38-20-18-33-32-13-2-4-16-39(32)47-41(33)40(38)34-14-7-21-44-42(34)46/h1-24H. The van der Waals surface area contributed by atoms with Gasteiger partial charge in [-0.3, -0.25) is 4.57 Å². The number of aromatic nitrogens is 3. The lowest BCUT2D eigenvalue weighted by atomic mass is 10.0. The van der Waals surface area contributed by atoms with Gasteiger partial charge < -0.3 is 8.98 Å². The second-order valence-corrected chi connectivity index (χ2v) is 11.9. The maximum Gasteiger partial charge on any atom is 0.145 e. The van der Waals surface area contributed by atoms with Gasteiger partial charge in [-0.15, -0.1) is 0 Å². The summed E-state index contributed by atoms with van der Waals surface area (Å²) in [5, 5.41) is 16.1. The second-order valence-electron chi connectivity index (χ2n) is 11.9. The Morgan fingerprint density at radius 3 is 2.06 bits per heavy atom. The Morgan fingerprint density at radius 1 is 0.532 bits per heavy atom. The van der Waals surface area contributed by atoms with E-state index in [1.54, 1.807) is 0 Å². The van der Waals surface area contributed by atoms with E-state index >= 15 is 0 Å². The van der Waals surface area contributed by atoms with Gasteiger partial charge in [-0.2, -0.15) is 5.26 Å². The van der Waals surface area contributed by atoms with Crippen LogP contribution in [0.3, 0.4) is 0 Å². The first-order valence-corrected chi connectivity index (χ1v) is 15.6. The fourth-order valence-corrected chi connectivity index (χ4v) is 7.34. The number of furan rings is 1. The fourth-order valence-electron chi connectivity index (χ4n) is 7.34. The van der Waals surface area contributed by atoms with E-state index in [1.807, 2.05) is 36.5 Å². The van der Waals surface area contributed by atoms with E-state index in [2.05, 4.69) is 124 Å². The lowest BCUT2D eigenvalue weighted by molar-refractivity contribution is 0.673. The maximum absolute atomic E-state index is 9.57. The summed E-state index contributed by atoms with van der Waals surface area (Å²) in [6, 6.07) is 50.6. The highest BCUT2D eigenvalue weighted by Gasteiger charge is 2.20. The summed E-state index contributed by atoms with van der Waals surface area (Å²) < 4.78 is 11.0. The molecule has 0 saturated heterocycles. The quantitative estimate of drug-likeness (QED) is 0.203. The van der Waals surface area contributed by atoms with Crippen LogP contribution in [-0.2, 0) is 0 Å². The van der Waals surface area contributed by atoms with Crippen LogP contribution in [0.25, 0.3) is 88.2 Å². The predicted molar refractivity (Wildman–Crippen MR) is 190 cm³/mol. The third-order valence-corrected chi connectivity index (χ3v) is 9.38. The Labute approximate surface area is 268 Å². The van der Waals surface area contributed by atoms with Crippen LogP contribution in [0.1, 0.15) is 5.56 Å². The number of pyridine rings is 1. The third kappa shape index (κ3) is 3.67. The van der Waals surface area contributed by atoms with E-state index in [4.69, 9.17) is 9.40 Å². The highest BCUT2D eigenvalue weighted by Crippen LogP contribution is 2.40. The number of benzene rings is 6. The van der Waals surface area contributed by atoms with Crippen LogP contribution in [-0.4, -0.2) is 14.1 Å². The van der Waals surface area contributed by atoms with Crippen molar-refractivity contribution in [3.05, 3.63) is 151 Å². The topological polar surface area (TPSA) is 59.7 Å². The monoisotopic (exact) mass is 600 g/mol. The Bertz CT molecular complexity index is 2930. The van der Waals surface area contributed by atoms with Crippen molar-refractivity contribution in [1.82, 2.24) is 14.1 Å².